The molecule has 0 spiro atoms. The molecule has 0 radical (unpaired) electrons. The van der Waals surface area contributed by atoms with E-state index in [1.165, 1.54) is 17.5 Å². The zero-order chi connectivity index (χ0) is 15.5. The SMILES string of the molecule is Cc1cc(C)cc(-n2ncc3c(NCCCO)ncnc32)c1. The van der Waals surface area contributed by atoms with E-state index in [9.17, 15) is 0 Å². The molecule has 3 aromatic rings. The van der Waals surface area contributed by atoms with Gasteiger partial charge in [-0.05, 0) is 43.5 Å². The Morgan fingerprint density at radius 1 is 1.14 bits per heavy atom. The molecule has 0 aliphatic heterocycles. The molecule has 0 saturated carbocycles. The third kappa shape index (κ3) is 2.78. The maximum atomic E-state index is 8.87. The molecule has 0 unspecified atom stereocenters. The third-order valence-electron chi connectivity index (χ3n) is 3.44. The van der Waals surface area contributed by atoms with Crippen molar-refractivity contribution < 1.29 is 5.11 Å². The van der Waals surface area contributed by atoms with E-state index in [0.29, 0.717) is 13.0 Å². The highest BCUT2D eigenvalue weighted by Crippen LogP contribution is 2.22. The smallest absolute Gasteiger partial charge is 0.168 e. The molecular formula is C16H19N5O. The van der Waals surface area contributed by atoms with Gasteiger partial charge in [-0.3, -0.25) is 0 Å². The first-order valence-electron chi connectivity index (χ1n) is 7.31. The summed E-state index contributed by atoms with van der Waals surface area (Å²) in [4.78, 5) is 8.63. The minimum absolute atomic E-state index is 0.156. The van der Waals surface area contributed by atoms with Crippen molar-refractivity contribution in [3.05, 3.63) is 41.9 Å². The summed E-state index contributed by atoms with van der Waals surface area (Å²) in [5, 5.41) is 17.4. The van der Waals surface area contributed by atoms with Crippen LogP contribution in [0.3, 0.4) is 0 Å². The second-order valence-electron chi connectivity index (χ2n) is 5.37. The van der Waals surface area contributed by atoms with Crippen LogP contribution in [0.25, 0.3) is 16.7 Å². The Hall–Kier alpha value is -2.47. The summed E-state index contributed by atoms with van der Waals surface area (Å²) in [6.45, 7) is 4.96. The topological polar surface area (TPSA) is 75.9 Å². The van der Waals surface area contributed by atoms with Crippen molar-refractivity contribution in [3.63, 3.8) is 0 Å². The number of fused-ring (bicyclic) bond motifs is 1. The molecule has 1 aromatic carbocycles. The highest BCUT2D eigenvalue weighted by Gasteiger charge is 2.11. The number of nitrogens with one attached hydrogen (secondary N) is 1. The molecule has 2 aromatic heterocycles. The number of nitrogens with zero attached hydrogens (tertiary/aromatic N) is 4. The first kappa shape index (κ1) is 14.5. The predicted molar refractivity (Wildman–Crippen MR) is 86.3 cm³/mol. The number of rotatable bonds is 5. The van der Waals surface area contributed by atoms with E-state index in [1.807, 2.05) is 4.68 Å². The Labute approximate surface area is 128 Å². The van der Waals surface area contributed by atoms with E-state index in [-0.39, 0.29) is 6.61 Å². The van der Waals surface area contributed by atoms with Crippen molar-refractivity contribution in [1.29, 1.82) is 0 Å². The van der Waals surface area contributed by atoms with Gasteiger partial charge in [0.2, 0.25) is 0 Å². The second-order valence-corrected chi connectivity index (χ2v) is 5.37. The number of hydrogen-bond donors (Lipinski definition) is 2. The van der Waals surface area contributed by atoms with Crippen molar-refractivity contribution >= 4 is 16.9 Å². The number of anilines is 1. The first-order valence-corrected chi connectivity index (χ1v) is 7.31. The average Bonchev–Trinajstić information content (AvgIpc) is 2.91. The number of aromatic nitrogens is 4. The lowest BCUT2D eigenvalue weighted by molar-refractivity contribution is 0.292. The molecule has 22 heavy (non-hydrogen) atoms. The van der Waals surface area contributed by atoms with Gasteiger partial charge in [-0.25, -0.2) is 14.6 Å². The molecule has 0 atom stereocenters. The number of aliphatic hydroxyl groups excluding tert-OH is 1. The third-order valence-corrected chi connectivity index (χ3v) is 3.44. The monoisotopic (exact) mass is 297 g/mol. The van der Waals surface area contributed by atoms with Gasteiger partial charge in [-0.2, -0.15) is 5.10 Å². The van der Waals surface area contributed by atoms with Crippen LogP contribution < -0.4 is 5.32 Å². The van der Waals surface area contributed by atoms with Crippen LogP contribution in [-0.4, -0.2) is 38.0 Å². The fourth-order valence-corrected chi connectivity index (χ4v) is 2.53. The molecule has 0 aliphatic carbocycles. The Kier molecular flexibility index (Phi) is 4.02. The minimum Gasteiger partial charge on any atom is -0.396 e. The van der Waals surface area contributed by atoms with Crippen LogP contribution >= 0.6 is 0 Å². The molecule has 6 nitrogen and oxygen atoms in total. The number of hydrogen-bond acceptors (Lipinski definition) is 5. The van der Waals surface area contributed by atoms with E-state index in [4.69, 9.17) is 5.11 Å². The van der Waals surface area contributed by atoms with Gasteiger partial charge in [0.15, 0.2) is 5.65 Å². The fraction of sp³-hybridized carbons (Fsp3) is 0.312. The summed E-state index contributed by atoms with van der Waals surface area (Å²) in [5.41, 5.74) is 4.14. The molecule has 0 bridgehead atoms. The maximum absolute atomic E-state index is 8.87. The lowest BCUT2D eigenvalue weighted by atomic mass is 10.1. The summed E-state index contributed by atoms with van der Waals surface area (Å²) in [5.74, 6) is 0.745. The van der Waals surface area contributed by atoms with Gasteiger partial charge in [0.1, 0.15) is 12.1 Å². The molecule has 6 heteroatoms. The predicted octanol–water partition coefficient (Wildman–Crippen LogP) is 2.23. The average molecular weight is 297 g/mol. The van der Waals surface area contributed by atoms with Gasteiger partial charge in [0.25, 0.3) is 0 Å². The van der Waals surface area contributed by atoms with Crippen molar-refractivity contribution in [1.82, 2.24) is 19.7 Å². The van der Waals surface area contributed by atoms with Crippen molar-refractivity contribution in [2.75, 3.05) is 18.5 Å². The largest absolute Gasteiger partial charge is 0.396 e. The zero-order valence-corrected chi connectivity index (χ0v) is 12.7. The lowest BCUT2D eigenvalue weighted by Crippen LogP contribution is -2.06. The summed E-state index contributed by atoms with van der Waals surface area (Å²) < 4.78 is 1.83. The molecule has 0 fully saturated rings. The second kappa shape index (κ2) is 6.11. The van der Waals surface area contributed by atoms with Crippen LogP contribution in [0, 0.1) is 13.8 Å². The summed E-state index contributed by atoms with van der Waals surface area (Å²) in [6, 6.07) is 6.30. The van der Waals surface area contributed by atoms with E-state index < -0.39 is 0 Å². The standard InChI is InChI=1S/C16H19N5O/c1-11-6-12(2)8-13(7-11)21-16-14(9-20-21)15(18-10-19-16)17-4-3-5-22/h6-10,22H,3-5H2,1-2H3,(H,17,18,19). The highest BCUT2D eigenvalue weighted by molar-refractivity contribution is 5.87. The Morgan fingerprint density at radius 3 is 2.64 bits per heavy atom. The van der Waals surface area contributed by atoms with Crippen LogP contribution in [0.5, 0.6) is 0 Å². The molecule has 114 valence electrons. The van der Waals surface area contributed by atoms with Crippen molar-refractivity contribution in [2.45, 2.75) is 20.3 Å². The number of benzene rings is 1. The molecule has 3 rings (SSSR count). The highest BCUT2D eigenvalue weighted by atomic mass is 16.3. The molecule has 2 N–H and O–H groups in total. The van der Waals surface area contributed by atoms with E-state index in [2.05, 4.69) is 52.4 Å². The maximum Gasteiger partial charge on any atom is 0.168 e. The lowest BCUT2D eigenvalue weighted by Gasteiger charge is -2.07. The normalized spacial score (nSPS) is 11.0. The van der Waals surface area contributed by atoms with Crippen molar-refractivity contribution in [3.8, 4) is 5.69 Å². The molecule has 0 aliphatic rings. The fourth-order valence-electron chi connectivity index (χ4n) is 2.53. The number of aliphatic hydroxyl groups is 1. The summed E-state index contributed by atoms with van der Waals surface area (Å²) in [7, 11) is 0. The molecular weight excluding hydrogens is 278 g/mol. The molecule has 0 saturated heterocycles. The van der Waals surface area contributed by atoms with Gasteiger partial charge in [0.05, 0.1) is 17.3 Å². The summed E-state index contributed by atoms with van der Waals surface area (Å²) >= 11 is 0. The Morgan fingerprint density at radius 2 is 1.91 bits per heavy atom. The van der Waals surface area contributed by atoms with Crippen LogP contribution in [0.4, 0.5) is 5.82 Å². The Bertz CT molecular complexity index is 776. The Balaban J connectivity index is 2.03. The van der Waals surface area contributed by atoms with Crippen LogP contribution in [0.15, 0.2) is 30.7 Å². The van der Waals surface area contributed by atoms with Gasteiger partial charge in [0, 0.05) is 13.2 Å². The zero-order valence-electron chi connectivity index (χ0n) is 12.7. The number of aryl methyl sites for hydroxylation is 2. The van der Waals surface area contributed by atoms with E-state index >= 15 is 0 Å². The van der Waals surface area contributed by atoms with Crippen LogP contribution in [0.2, 0.25) is 0 Å². The van der Waals surface area contributed by atoms with E-state index in [0.717, 1.165) is 22.5 Å². The van der Waals surface area contributed by atoms with Crippen LogP contribution in [0.1, 0.15) is 17.5 Å². The minimum atomic E-state index is 0.156. The quantitative estimate of drug-likeness (QED) is 0.706. The van der Waals surface area contributed by atoms with Crippen LogP contribution in [-0.2, 0) is 0 Å². The van der Waals surface area contributed by atoms with Gasteiger partial charge in [-0.1, -0.05) is 6.07 Å². The van der Waals surface area contributed by atoms with Gasteiger partial charge < -0.3 is 10.4 Å². The summed E-state index contributed by atoms with van der Waals surface area (Å²) in [6.07, 6.45) is 3.98. The molecule has 0 amide bonds. The van der Waals surface area contributed by atoms with Gasteiger partial charge in [-0.15, -0.1) is 0 Å². The van der Waals surface area contributed by atoms with Gasteiger partial charge >= 0.3 is 0 Å². The molecule has 2 heterocycles. The van der Waals surface area contributed by atoms with E-state index in [1.54, 1.807) is 6.20 Å². The first-order chi connectivity index (χ1) is 10.7. The van der Waals surface area contributed by atoms with Crippen molar-refractivity contribution in [2.24, 2.45) is 0 Å².